The van der Waals surface area contributed by atoms with E-state index in [0.717, 1.165) is 50.5 Å². The van der Waals surface area contributed by atoms with Crippen LogP contribution in [0.4, 0.5) is 30.2 Å². The smallest absolute Gasteiger partial charge is 0.247 e. The van der Waals surface area contributed by atoms with Crippen LogP contribution in [0.15, 0.2) is 53.8 Å². The molecule has 2 aliphatic heterocycles. The van der Waals surface area contributed by atoms with Crippen LogP contribution < -0.4 is 32.0 Å². The van der Waals surface area contributed by atoms with Crippen molar-refractivity contribution in [1.82, 2.24) is 15.4 Å². The number of rotatable bonds is 10. The molecule has 2 aromatic rings. The summed E-state index contributed by atoms with van der Waals surface area (Å²) in [6.07, 6.45) is 2.78. The zero-order chi connectivity index (χ0) is 30.4. The topological polar surface area (TPSA) is 134 Å². The Kier molecular flexibility index (Phi) is 9.93. The fourth-order valence-electron chi connectivity index (χ4n) is 4.93. The second-order valence-electron chi connectivity index (χ2n) is 9.59. The van der Waals surface area contributed by atoms with E-state index in [-0.39, 0.29) is 30.2 Å². The first-order chi connectivity index (χ1) is 20.2. The van der Waals surface area contributed by atoms with Crippen LogP contribution in [0.2, 0.25) is 0 Å². The number of nitrogens with two attached hydrogens (primary N) is 2. The molecule has 2 aliphatic rings. The number of hydrogen-bond donors (Lipinski definition) is 4. The average molecular weight is 589 g/mol. The number of hydroxylamine groups is 2. The molecule has 0 aromatic heterocycles. The monoisotopic (exact) mass is 588 g/mol. The predicted octanol–water partition coefficient (Wildman–Crippen LogP) is 3.05. The van der Waals surface area contributed by atoms with Crippen LogP contribution in [0.5, 0.6) is 5.75 Å². The molecule has 2 heterocycles. The first-order valence-electron chi connectivity index (χ1n) is 13.4. The molecular formula is C28H35F3N8O3. The van der Waals surface area contributed by atoms with Gasteiger partial charge < -0.3 is 31.0 Å². The van der Waals surface area contributed by atoms with Gasteiger partial charge in [-0.3, -0.25) is 9.63 Å². The van der Waals surface area contributed by atoms with Crippen molar-refractivity contribution in [2.75, 3.05) is 56.7 Å². The molecule has 4 rings (SSSR count). The van der Waals surface area contributed by atoms with Crippen molar-refractivity contribution < 1.29 is 27.5 Å². The number of piperazine rings is 1. The summed E-state index contributed by atoms with van der Waals surface area (Å²) in [5.74, 6) is 1.59. The van der Waals surface area contributed by atoms with Gasteiger partial charge in [-0.2, -0.15) is 0 Å². The third kappa shape index (κ3) is 6.61. The van der Waals surface area contributed by atoms with Crippen LogP contribution in [-0.4, -0.2) is 68.1 Å². The summed E-state index contributed by atoms with van der Waals surface area (Å²) < 4.78 is 47.6. The van der Waals surface area contributed by atoms with Crippen molar-refractivity contribution in [3.05, 3.63) is 71.8 Å². The fourth-order valence-corrected chi connectivity index (χ4v) is 4.93. The van der Waals surface area contributed by atoms with Crippen LogP contribution in [0.25, 0.3) is 0 Å². The van der Waals surface area contributed by atoms with E-state index >= 15 is 0 Å². The molecule has 2 saturated heterocycles. The summed E-state index contributed by atoms with van der Waals surface area (Å²) in [6.45, 7) is 10.0. The molecule has 226 valence electrons. The van der Waals surface area contributed by atoms with Gasteiger partial charge in [0.1, 0.15) is 23.1 Å². The number of carbonyl (C=O) groups excluding carboxylic acids is 1. The second-order valence-corrected chi connectivity index (χ2v) is 9.59. The van der Waals surface area contributed by atoms with Gasteiger partial charge in [-0.05, 0) is 24.8 Å². The number of aliphatic imine (C=N–C) groups is 1. The van der Waals surface area contributed by atoms with E-state index in [1.54, 1.807) is 12.1 Å². The van der Waals surface area contributed by atoms with Gasteiger partial charge in [-0.15, -0.1) is 0 Å². The number of hydrazine groups is 1. The Bertz CT molecular complexity index is 1380. The quantitative estimate of drug-likeness (QED) is 0.0825. The molecule has 11 nitrogen and oxygen atoms in total. The molecule has 6 N–H and O–H groups in total. The zero-order valence-corrected chi connectivity index (χ0v) is 23.5. The molecule has 2 fully saturated rings. The van der Waals surface area contributed by atoms with Gasteiger partial charge in [0.25, 0.3) is 0 Å². The summed E-state index contributed by atoms with van der Waals surface area (Å²) in [6, 6.07) is 4.60. The number of hydrogen-bond acceptors (Lipinski definition) is 9. The average Bonchev–Trinajstić information content (AvgIpc) is 3.48. The van der Waals surface area contributed by atoms with Crippen molar-refractivity contribution in [2.45, 2.75) is 19.4 Å². The van der Waals surface area contributed by atoms with E-state index < -0.39 is 29.4 Å². The Morgan fingerprint density at radius 2 is 1.95 bits per heavy atom. The molecule has 0 saturated carbocycles. The highest BCUT2D eigenvalue weighted by Gasteiger charge is 2.33. The number of anilines is 2. The lowest BCUT2D eigenvalue weighted by atomic mass is 10.0. The first-order valence-corrected chi connectivity index (χ1v) is 13.4. The summed E-state index contributed by atoms with van der Waals surface area (Å²) in [7, 11) is 1.49. The van der Waals surface area contributed by atoms with E-state index in [2.05, 4.69) is 39.0 Å². The van der Waals surface area contributed by atoms with Gasteiger partial charge in [-0.1, -0.05) is 19.6 Å². The van der Waals surface area contributed by atoms with Crippen molar-refractivity contribution in [2.24, 2.45) is 16.6 Å². The number of likely N-dealkylation sites (N-methyl/N-ethyl adjacent to an activating group) is 1. The van der Waals surface area contributed by atoms with Gasteiger partial charge in [-0.25, -0.2) is 29.1 Å². The number of amidine groups is 1. The van der Waals surface area contributed by atoms with Crippen LogP contribution in [0.3, 0.4) is 0 Å². The van der Waals surface area contributed by atoms with Gasteiger partial charge in [0.2, 0.25) is 5.91 Å². The molecular weight excluding hydrogens is 553 g/mol. The Labute approximate surface area is 242 Å². The molecule has 0 spiro atoms. The lowest BCUT2D eigenvalue weighted by Crippen LogP contribution is -2.46. The highest BCUT2D eigenvalue weighted by molar-refractivity contribution is 6.02. The molecule has 1 amide bonds. The van der Waals surface area contributed by atoms with Crippen molar-refractivity contribution in [3.8, 4) is 5.75 Å². The minimum absolute atomic E-state index is 0.0495. The predicted molar refractivity (Wildman–Crippen MR) is 154 cm³/mol. The molecule has 0 bridgehead atoms. The van der Waals surface area contributed by atoms with E-state index in [9.17, 15) is 18.0 Å². The van der Waals surface area contributed by atoms with Crippen molar-refractivity contribution in [1.29, 1.82) is 0 Å². The summed E-state index contributed by atoms with van der Waals surface area (Å²) in [4.78, 5) is 26.8. The molecule has 42 heavy (non-hydrogen) atoms. The summed E-state index contributed by atoms with van der Waals surface area (Å²) in [5, 5.41) is 4.06. The zero-order valence-electron chi connectivity index (χ0n) is 23.5. The lowest BCUT2D eigenvalue weighted by molar-refractivity contribution is -0.111. The van der Waals surface area contributed by atoms with Crippen LogP contribution >= 0.6 is 0 Å². The van der Waals surface area contributed by atoms with Crippen LogP contribution in [0, 0.1) is 17.5 Å². The molecule has 1 atom stereocenters. The standard InChI is InChI=1S/C28H35F3N8O3/c1-4-26(40)35-19-14-20(23(41-3)15-22(19)38-11-9-37(5-2)10-12-38)34-24(32)16-25(36-33)39-21(8-13-42-39)17-6-7-18(29)28(31)27(17)30/h4,6-7,14-16,21,36H,1,5,8-13,33H2,2-3H3,(H2,32,34)(H,35,40)/b25-16+/t21-/m1/s1. The SMILES string of the molecule is C=CC(=O)Nc1cc(N=C(N)/C=C(\NN)N2OCC[C@@H]2c2ccc(F)c(F)c2F)c(OC)cc1N1CCN(CC)CC1. The largest absolute Gasteiger partial charge is 0.494 e. The summed E-state index contributed by atoms with van der Waals surface area (Å²) in [5.41, 5.74) is 10.2. The Hall–Kier alpha value is -4.27. The number of nitrogens with zero attached hydrogens (tertiary/aromatic N) is 4. The number of methoxy groups -OCH3 is 1. The van der Waals surface area contributed by atoms with E-state index in [4.69, 9.17) is 21.2 Å². The minimum atomic E-state index is -1.58. The number of benzene rings is 2. The summed E-state index contributed by atoms with van der Waals surface area (Å²) >= 11 is 0. The van der Waals surface area contributed by atoms with E-state index in [1.165, 1.54) is 24.3 Å². The maximum Gasteiger partial charge on any atom is 0.247 e. The number of ether oxygens (including phenoxy) is 1. The van der Waals surface area contributed by atoms with Gasteiger partial charge in [0.15, 0.2) is 17.5 Å². The van der Waals surface area contributed by atoms with Crippen molar-refractivity contribution in [3.63, 3.8) is 0 Å². The number of amides is 1. The first kappa shape index (κ1) is 30.7. The highest BCUT2D eigenvalue weighted by atomic mass is 19.2. The van der Waals surface area contributed by atoms with Gasteiger partial charge in [0, 0.05) is 50.3 Å². The molecule has 0 aliphatic carbocycles. The number of halogens is 3. The Morgan fingerprint density at radius 3 is 2.60 bits per heavy atom. The highest BCUT2D eigenvalue weighted by Crippen LogP contribution is 2.40. The Morgan fingerprint density at radius 1 is 1.21 bits per heavy atom. The second kappa shape index (κ2) is 13.6. The van der Waals surface area contributed by atoms with Crippen molar-refractivity contribution >= 4 is 28.8 Å². The van der Waals surface area contributed by atoms with Gasteiger partial charge >= 0.3 is 0 Å². The van der Waals surface area contributed by atoms with Crippen LogP contribution in [0.1, 0.15) is 24.9 Å². The normalized spacial score (nSPS) is 18.3. The third-order valence-electron chi connectivity index (χ3n) is 7.15. The number of nitrogens with one attached hydrogen (secondary N) is 2. The minimum Gasteiger partial charge on any atom is -0.494 e. The Balaban J connectivity index is 1.67. The number of carbonyl (C=O) groups is 1. The van der Waals surface area contributed by atoms with Crippen LogP contribution in [-0.2, 0) is 9.63 Å². The fraction of sp³-hybridized carbons (Fsp3) is 0.357. The molecule has 0 radical (unpaired) electrons. The lowest BCUT2D eigenvalue weighted by Gasteiger charge is -2.36. The maximum absolute atomic E-state index is 14.6. The maximum atomic E-state index is 14.6. The molecule has 2 aromatic carbocycles. The molecule has 14 heteroatoms. The van der Waals surface area contributed by atoms with E-state index in [0.29, 0.717) is 17.1 Å². The molecule has 0 unspecified atom stereocenters. The van der Waals surface area contributed by atoms with E-state index in [1.807, 2.05) is 0 Å². The third-order valence-corrected chi connectivity index (χ3v) is 7.15. The van der Waals surface area contributed by atoms with Gasteiger partial charge in [0.05, 0.1) is 31.1 Å².